The van der Waals surface area contributed by atoms with E-state index >= 15 is 0 Å². The SMILES string of the molecule is C=CC(=O)OCC.Cl.NCCc1ccccc1. The minimum atomic E-state index is -0.359. The lowest BCUT2D eigenvalue weighted by atomic mass is 10.2. The second-order valence-electron chi connectivity index (χ2n) is 2.98. The standard InChI is InChI=1S/C8H11N.C5H8O2.ClH/c9-7-6-8-4-2-1-3-5-8;1-3-5(6)7-4-2;/h1-5H,6-7,9H2;3H,1,4H2,2H3;1H. The molecule has 0 heterocycles. The van der Waals surface area contributed by atoms with Gasteiger partial charge in [-0.2, -0.15) is 0 Å². The molecule has 1 aromatic carbocycles. The minimum absolute atomic E-state index is 0. The van der Waals surface area contributed by atoms with Gasteiger partial charge >= 0.3 is 5.97 Å². The van der Waals surface area contributed by atoms with Crippen molar-refractivity contribution < 1.29 is 9.53 Å². The first-order valence-electron chi connectivity index (χ1n) is 5.27. The van der Waals surface area contributed by atoms with Gasteiger partial charge < -0.3 is 10.5 Å². The Balaban J connectivity index is 0. The monoisotopic (exact) mass is 257 g/mol. The molecule has 0 saturated carbocycles. The fourth-order valence-electron chi connectivity index (χ4n) is 1.01. The molecule has 0 saturated heterocycles. The number of hydrogen-bond acceptors (Lipinski definition) is 3. The van der Waals surface area contributed by atoms with Crippen LogP contribution >= 0.6 is 12.4 Å². The number of esters is 1. The second-order valence-corrected chi connectivity index (χ2v) is 2.98. The Labute approximate surface area is 109 Å². The van der Waals surface area contributed by atoms with Gasteiger partial charge in [0.1, 0.15) is 0 Å². The van der Waals surface area contributed by atoms with Gasteiger partial charge in [0.2, 0.25) is 0 Å². The maximum Gasteiger partial charge on any atom is 0.330 e. The third-order valence-electron chi connectivity index (χ3n) is 1.73. The summed E-state index contributed by atoms with van der Waals surface area (Å²) in [5.74, 6) is -0.359. The summed E-state index contributed by atoms with van der Waals surface area (Å²) in [6.07, 6.45) is 2.13. The number of ether oxygens (including phenoxy) is 1. The van der Waals surface area contributed by atoms with E-state index in [-0.39, 0.29) is 18.4 Å². The van der Waals surface area contributed by atoms with Gasteiger partial charge in [-0.15, -0.1) is 12.4 Å². The van der Waals surface area contributed by atoms with E-state index in [2.05, 4.69) is 23.4 Å². The van der Waals surface area contributed by atoms with Crippen LogP contribution in [-0.2, 0) is 16.0 Å². The molecule has 0 radical (unpaired) electrons. The number of carbonyl (C=O) groups is 1. The largest absolute Gasteiger partial charge is 0.463 e. The first-order chi connectivity index (χ1) is 7.74. The Morgan fingerprint density at radius 3 is 2.35 bits per heavy atom. The van der Waals surface area contributed by atoms with E-state index in [0.717, 1.165) is 19.0 Å². The lowest BCUT2D eigenvalue weighted by Crippen LogP contribution is -2.01. The van der Waals surface area contributed by atoms with Crippen LogP contribution in [-0.4, -0.2) is 19.1 Å². The summed E-state index contributed by atoms with van der Waals surface area (Å²) in [4.78, 5) is 10.1. The number of carbonyl (C=O) groups excluding carboxylic acids is 1. The molecule has 0 fully saturated rings. The molecule has 0 bridgehead atoms. The van der Waals surface area contributed by atoms with Crippen LogP contribution in [0.4, 0.5) is 0 Å². The van der Waals surface area contributed by atoms with Crippen LogP contribution in [0.1, 0.15) is 12.5 Å². The van der Waals surface area contributed by atoms with Crippen molar-refractivity contribution in [3.8, 4) is 0 Å². The fraction of sp³-hybridized carbons (Fsp3) is 0.308. The van der Waals surface area contributed by atoms with Gasteiger partial charge in [0.15, 0.2) is 0 Å². The van der Waals surface area contributed by atoms with Gasteiger partial charge in [-0.3, -0.25) is 0 Å². The van der Waals surface area contributed by atoms with E-state index in [9.17, 15) is 4.79 Å². The molecule has 0 spiro atoms. The highest BCUT2D eigenvalue weighted by molar-refractivity contribution is 5.85. The van der Waals surface area contributed by atoms with E-state index in [1.165, 1.54) is 5.56 Å². The Morgan fingerprint density at radius 1 is 1.41 bits per heavy atom. The second kappa shape index (κ2) is 12.7. The van der Waals surface area contributed by atoms with Crippen LogP contribution < -0.4 is 5.73 Å². The molecule has 1 rings (SSSR count). The predicted octanol–water partition coefficient (Wildman–Crippen LogP) is 2.35. The van der Waals surface area contributed by atoms with E-state index in [0.29, 0.717) is 6.61 Å². The number of rotatable bonds is 4. The number of benzene rings is 1. The Kier molecular flexibility index (Phi) is 13.5. The Bertz CT molecular complexity index is 302. The summed E-state index contributed by atoms with van der Waals surface area (Å²) in [5.41, 5.74) is 6.68. The Morgan fingerprint density at radius 2 is 2.00 bits per heavy atom. The van der Waals surface area contributed by atoms with E-state index < -0.39 is 0 Å². The molecule has 0 aliphatic heterocycles. The van der Waals surface area contributed by atoms with Gasteiger partial charge in [0.05, 0.1) is 6.61 Å². The maximum atomic E-state index is 10.1. The molecule has 2 N–H and O–H groups in total. The Hall–Kier alpha value is -1.32. The van der Waals surface area contributed by atoms with Crippen molar-refractivity contribution in [1.29, 1.82) is 0 Å². The molecule has 0 aromatic heterocycles. The summed E-state index contributed by atoms with van der Waals surface area (Å²) < 4.78 is 4.43. The smallest absolute Gasteiger partial charge is 0.330 e. The summed E-state index contributed by atoms with van der Waals surface area (Å²) in [6, 6.07) is 10.3. The van der Waals surface area contributed by atoms with Crippen LogP contribution in [0.2, 0.25) is 0 Å². The molecule has 17 heavy (non-hydrogen) atoms. The van der Waals surface area contributed by atoms with Crippen LogP contribution in [0.3, 0.4) is 0 Å². The van der Waals surface area contributed by atoms with E-state index in [1.54, 1.807) is 6.92 Å². The molecule has 0 aliphatic rings. The van der Waals surface area contributed by atoms with Crippen molar-refractivity contribution in [1.82, 2.24) is 0 Å². The van der Waals surface area contributed by atoms with Gasteiger partial charge in [0, 0.05) is 6.08 Å². The van der Waals surface area contributed by atoms with Gasteiger partial charge in [-0.25, -0.2) is 4.79 Å². The lowest BCUT2D eigenvalue weighted by Gasteiger charge is -1.93. The van der Waals surface area contributed by atoms with Crippen molar-refractivity contribution in [2.75, 3.05) is 13.2 Å². The molecule has 96 valence electrons. The highest BCUT2D eigenvalue weighted by Gasteiger charge is 1.86. The highest BCUT2D eigenvalue weighted by Crippen LogP contribution is 1.96. The van der Waals surface area contributed by atoms with Gasteiger partial charge in [-0.05, 0) is 25.5 Å². The van der Waals surface area contributed by atoms with Crippen molar-refractivity contribution in [3.63, 3.8) is 0 Å². The summed E-state index contributed by atoms with van der Waals surface area (Å²) in [6.45, 7) is 6.12. The van der Waals surface area contributed by atoms with Crippen LogP contribution in [0, 0.1) is 0 Å². The first kappa shape index (κ1) is 18.1. The van der Waals surface area contributed by atoms with Crippen LogP contribution in [0.25, 0.3) is 0 Å². The molecule has 3 nitrogen and oxygen atoms in total. The molecule has 4 heteroatoms. The summed E-state index contributed by atoms with van der Waals surface area (Å²) >= 11 is 0. The fourth-order valence-corrected chi connectivity index (χ4v) is 1.01. The van der Waals surface area contributed by atoms with Crippen LogP contribution in [0.5, 0.6) is 0 Å². The average Bonchev–Trinajstić information content (AvgIpc) is 2.32. The summed E-state index contributed by atoms with van der Waals surface area (Å²) in [7, 11) is 0. The number of hydrogen-bond donors (Lipinski definition) is 1. The van der Waals surface area contributed by atoms with Crippen molar-refractivity contribution in [3.05, 3.63) is 48.6 Å². The number of halogens is 1. The molecule has 0 aliphatic carbocycles. The van der Waals surface area contributed by atoms with Gasteiger partial charge in [0.25, 0.3) is 0 Å². The molecule has 0 amide bonds. The van der Waals surface area contributed by atoms with Crippen molar-refractivity contribution in [2.24, 2.45) is 5.73 Å². The zero-order chi connectivity index (χ0) is 12.2. The van der Waals surface area contributed by atoms with E-state index in [1.807, 2.05) is 18.2 Å². The summed E-state index contributed by atoms with van der Waals surface area (Å²) in [5, 5.41) is 0. The zero-order valence-corrected chi connectivity index (χ0v) is 10.9. The lowest BCUT2D eigenvalue weighted by molar-refractivity contribution is -0.137. The zero-order valence-electron chi connectivity index (χ0n) is 10.1. The molecule has 0 unspecified atom stereocenters. The predicted molar refractivity (Wildman–Crippen MR) is 73.3 cm³/mol. The molecular weight excluding hydrogens is 238 g/mol. The highest BCUT2D eigenvalue weighted by atomic mass is 35.5. The average molecular weight is 258 g/mol. The quantitative estimate of drug-likeness (QED) is 0.665. The minimum Gasteiger partial charge on any atom is -0.463 e. The molecule has 0 atom stereocenters. The van der Waals surface area contributed by atoms with Gasteiger partial charge in [-0.1, -0.05) is 36.9 Å². The normalized spacial score (nSPS) is 8.12. The third kappa shape index (κ3) is 11.0. The molecular formula is C13H20ClNO2. The molecule has 1 aromatic rings. The van der Waals surface area contributed by atoms with Crippen molar-refractivity contribution >= 4 is 18.4 Å². The number of nitrogens with two attached hydrogens (primary N) is 1. The van der Waals surface area contributed by atoms with E-state index in [4.69, 9.17) is 5.73 Å². The van der Waals surface area contributed by atoms with Crippen LogP contribution in [0.15, 0.2) is 43.0 Å². The topological polar surface area (TPSA) is 52.3 Å². The maximum absolute atomic E-state index is 10.1. The third-order valence-corrected chi connectivity index (χ3v) is 1.73. The first-order valence-corrected chi connectivity index (χ1v) is 5.27. The van der Waals surface area contributed by atoms with Crippen molar-refractivity contribution in [2.45, 2.75) is 13.3 Å².